The van der Waals surface area contributed by atoms with Gasteiger partial charge in [0, 0.05) is 6.04 Å². The Kier molecular flexibility index (Phi) is 3.90. The summed E-state index contributed by atoms with van der Waals surface area (Å²) in [6.07, 6.45) is 3.88. The van der Waals surface area contributed by atoms with Gasteiger partial charge in [0.1, 0.15) is 0 Å². The van der Waals surface area contributed by atoms with Crippen molar-refractivity contribution in [1.82, 2.24) is 0 Å². The van der Waals surface area contributed by atoms with Gasteiger partial charge in [-0.25, -0.2) is 0 Å². The number of hydrogen-bond acceptors (Lipinski definition) is 1. The predicted octanol–water partition coefficient (Wildman–Crippen LogP) is 3.27. The van der Waals surface area contributed by atoms with E-state index >= 15 is 0 Å². The average Bonchev–Trinajstić information content (AvgIpc) is 2.14. The molecule has 0 heterocycles. The van der Waals surface area contributed by atoms with Gasteiger partial charge >= 0.3 is 0 Å². The molecular formula is C13H19N. The van der Waals surface area contributed by atoms with Gasteiger partial charge in [0.2, 0.25) is 0 Å². The normalized spacial score (nSPS) is 12.5. The Hall–Kier alpha value is -1.08. The Morgan fingerprint density at radius 1 is 1.43 bits per heavy atom. The highest BCUT2D eigenvalue weighted by molar-refractivity contribution is 5.32. The zero-order chi connectivity index (χ0) is 10.6. The van der Waals surface area contributed by atoms with Crippen LogP contribution in [0.5, 0.6) is 0 Å². The summed E-state index contributed by atoms with van der Waals surface area (Å²) in [6.45, 7) is 7.93. The van der Waals surface area contributed by atoms with E-state index in [9.17, 15) is 0 Å². The molecule has 0 saturated heterocycles. The predicted molar refractivity (Wildman–Crippen MR) is 62.3 cm³/mol. The van der Waals surface area contributed by atoms with E-state index in [1.807, 2.05) is 6.08 Å². The first-order valence-electron chi connectivity index (χ1n) is 5.08. The minimum atomic E-state index is 0.147. The molecule has 0 aliphatic rings. The van der Waals surface area contributed by atoms with Crippen molar-refractivity contribution >= 4 is 0 Å². The largest absolute Gasteiger partial charge is 0.324 e. The Morgan fingerprint density at radius 3 is 2.71 bits per heavy atom. The summed E-state index contributed by atoms with van der Waals surface area (Å²) >= 11 is 0. The monoisotopic (exact) mass is 189 g/mol. The fraction of sp³-hybridized carbons (Fsp3) is 0.385. The Morgan fingerprint density at radius 2 is 2.14 bits per heavy atom. The molecule has 0 aromatic heterocycles. The summed E-state index contributed by atoms with van der Waals surface area (Å²) in [4.78, 5) is 0. The van der Waals surface area contributed by atoms with Crippen molar-refractivity contribution in [2.45, 2.75) is 32.7 Å². The molecule has 1 aromatic carbocycles. The highest BCUT2D eigenvalue weighted by atomic mass is 14.6. The lowest BCUT2D eigenvalue weighted by Crippen LogP contribution is -2.11. The second-order valence-electron chi connectivity index (χ2n) is 3.83. The number of rotatable bonds is 4. The zero-order valence-corrected chi connectivity index (χ0v) is 9.09. The first kappa shape index (κ1) is 11.0. The van der Waals surface area contributed by atoms with Crippen LogP contribution in [0.2, 0.25) is 0 Å². The Bertz CT molecular complexity index is 315. The van der Waals surface area contributed by atoms with E-state index in [2.05, 4.69) is 38.6 Å². The van der Waals surface area contributed by atoms with Gasteiger partial charge in [0.15, 0.2) is 0 Å². The van der Waals surface area contributed by atoms with E-state index in [1.54, 1.807) is 0 Å². The molecule has 1 nitrogen and oxygen atoms in total. The summed E-state index contributed by atoms with van der Waals surface area (Å²) < 4.78 is 0. The number of nitrogens with two attached hydrogens (primary N) is 1. The molecule has 0 radical (unpaired) electrons. The van der Waals surface area contributed by atoms with Crippen LogP contribution in [-0.2, 0) is 0 Å². The molecular weight excluding hydrogens is 170 g/mol. The van der Waals surface area contributed by atoms with Crippen LogP contribution in [0, 0.1) is 13.8 Å². The summed E-state index contributed by atoms with van der Waals surface area (Å²) in [7, 11) is 0. The number of aryl methyl sites for hydroxylation is 2. The van der Waals surface area contributed by atoms with Crippen LogP contribution in [0.15, 0.2) is 30.9 Å². The van der Waals surface area contributed by atoms with E-state index in [-0.39, 0.29) is 6.04 Å². The van der Waals surface area contributed by atoms with Crippen molar-refractivity contribution in [2.24, 2.45) is 5.73 Å². The van der Waals surface area contributed by atoms with Gasteiger partial charge in [-0.2, -0.15) is 0 Å². The second-order valence-corrected chi connectivity index (χ2v) is 3.83. The molecule has 1 heteroatoms. The minimum Gasteiger partial charge on any atom is -0.324 e. The van der Waals surface area contributed by atoms with Gasteiger partial charge in [0.05, 0.1) is 0 Å². The molecule has 0 saturated carbocycles. The zero-order valence-electron chi connectivity index (χ0n) is 9.09. The average molecular weight is 189 g/mol. The van der Waals surface area contributed by atoms with Crippen molar-refractivity contribution in [2.75, 3.05) is 0 Å². The highest BCUT2D eigenvalue weighted by Crippen LogP contribution is 2.20. The second kappa shape index (κ2) is 4.97. The third kappa shape index (κ3) is 2.71. The molecule has 0 spiro atoms. The van der Waals surface area contributed by atoms with Crippen molar-refractivity contribution in [3.05, 3.63) is 47.5 Å². The Balaban J connectivity index is 2.78. The van der Waals surface area contributed by atoms with Crippen molar-refractivity contribution in [3.63, 3.8) is 0 Å². The summed E-state index contributed by atoms with van der Waals surface area (Å²) in [5.41, 5.74) is 9.93. The fourth-order valence-electron chi connectivity index (χ4n) is 1.69. The van der Waals surface area contributed by atoms with Gasteiger partial charge in [-0.1, -0.05) is 29.8 Å². The molecule has 0 amide bonds. The molecule has 2 N–H and O–H groups in total. The summed E-state index contributed by atoms with van der Waals surface area (Å²) in [6, 6.07) is 6.59. The third-order valence-corrected chi connectivity index (χ3v) is 2.51. The number of benzene rings is 1. The van der Waals surface area contributed by atoms with E-state index in [1.165, 1.54) is 16.7 Å². The topological polar surface area (TPSA) is 26.0 Å². The minimum absolute atomic E-state index is 0.147. The van der Waals surface area contributed by atoms with Gasteiger partial charge in [-0.3, -0.25) is 0 Å². The van der Waals surface area contributed by atoms with Gasteiger partial charge in [-0.15, -0.1) is 6.58 Å². The molecule has 1 rings (SSSR count). The van der Waals surface area contributed by atoms with Crippen LogP contribution < -0.4 is 5.73 Å². The van der Waals surface area contributed by atoms with E-state index in [0.29, 0.717) is 0 Å². The Labute approximate surface area is 86.6 Å². The molecule has 1 aromatic rings. The molecule has 0 bridgehead atoms. The molecule has 14 heavy (non-hydrogen) atoms. The molecule has 1 unspecified atom stereocenters. The van der Waals surface area contributed by atoms with Crippen LogP contribution in [0.4, 0.5) is 0 Å². The van der Waals surface area contributed by atoms with E-state index in [0.717, 1.165) is 12.8 Å². The van der Waals surface area contributed by atoms with Crippen LogP contribution in [-0.4, -0.2) is 0 Å². The van der Waals surface area contributed by atoms with Gasteiger partial charge in [-0.05, 0) is 37.8 Å². The first-order chi connectivity index (χ1) is 6.65. The lowest BCUT2D eigenvalue weighted by Gasteiger charge is -2.14. The third-order valence-electron chi connectivity index (χ3n) is 2.51. The molecule has 76 valence electrons. The standard InChI is InChI=1S/C13H19N/c1-4-5-6-13(14)12-8-7-10(2)9-11(12)3/h4,7-9,13H,1,5-6,14H2,2-3H3. The smallest absolute Gasteiger partial charge is 0.0300 e. The summed E-state index contributed by atoms with van der Waals surface area (Å²) in [5.74, 6) is 0. The van der Waals surface area contributed by atoms with Gasteiger partial charge < -0.3 is 5.73 Å². The van der Waals surface area contributed by atoms with Crippen LogP contribution in [0.25, 0.3) is 0 Å². The molecule has 0 aliphatic heterocycles. The quantitative estimate of drug-likeness (QED) is 0.723. The number of allylic oxidation sites excluding steroid dienone is 1. The highest BCUT2D eigenvalue weighted by Gasteiger charge is 2.07. The van der Waals surface area contributed by atoms with Crippen molar-refractivity contribution in [3.8, 4) is 0 Å². The van der Waals surface area contributed by atoms with Crippen LogP contribution in [0.1, 0.15) is 35.6 Å². The van der Waals surface area contributed by atoms with Crippen molar-refractivity contribution in [1.29, 1.82) is 0 Å². The molecule has 1 atom stereocenters. The van der Waals surface area contributed by atoms with Gasteiger partial charge in [0.25, 0.3) is 0 Å². The number of hydrogen-bond donors (Lipinski definition) is 1. The molecule has 0 fully saturated rings. The maximum atomic E-state index is 6.08. The van der Waals surface area contributed by atoms with Crippen LogP contribution >= 0.6 is 0 Å². The lowest BCUT2D eigenvalue weighted by atomic mass is 9.97. The summed E-state index contributed by atoms with van der Waals surface area (Å²) in [5, 5.41) is 0. The van der Waals surface area contributed by atoms with E-state index < -0.39 is 0 Å². The van der Waals surface area contributed by atoms with E-state index in [4.69, 9.17) is 5.73 Å². The molecule has 0 aliphatic carbocycles. The SMILES string of the molecule is C=CCCC(N)c1ccc(C)cc1C. The van der Waals surface area contributed by atoms with Crippen molar-refractivity contribution < 1.29 is 0 Å². The maximum Gasteiger partial charge on any atom is 0.0300 e. The maximum absolute atomic E-state index is 6.08. The first-order valence-corrected chi connectivity index (χ1v) is 5.08. The van der Waals surface area contributed by atoms with Crippen LogP contribution in [0.3, 0.4) is 0 Å². The fourth-order valence-corrected chi connectivity index (χ4v) is 1.69. The lowest BCUT2D eigenvalue weighted by molar-refractivity contribution is 0.657.